The quantitative estimate of drug-likeness (QED) is 0.444. The molecule has 3 nitrogen and oxygen atoms in total. The average molecular weight is 163 g/mol. The highest BCUT2D eigenvalue weighted by molar-refractivity contribution is 8.16. The van der Waals surface area contributed by atoms with Crippen LogP contribution >= 0.6 is 22.7 Å². The van der Waals surface area contributed by atoms with Gasteiger partial charge in [-0.3, -0.25) is 0 Å². The zero-order valence-corrected chi connectivity index (χ0v) is 5.81. The maximum Gasteiger partial charge on any atom is 0.366 e. The standard InChI is InChI=1S/CH3ClO3S2/c1-6-5-7(2,3)4/h1H3. The molecule has 0 heterocycles. The second-order valence-electron chi connectivity index (χ2n) is 0.628. The van der Waals surface area contributed by atoms with Crippen molar-refractivity contribution in [1.82, 2.24) is 0 Å². The van der Waals surface area contributed by atoms with E-state index in [4.69, 9.17) is 0 Å². The molecule has 7 heavy (non-hydrogen) atoms. The topological polar surface area (TPSA) is 43.4 Å². The summed E-state index contributed by atoms with van der Waals surface area (Å²) < 4.78 is 23.4. The lowest BCUT2D eigenvalue weighted by Crippen LogP contribution is -1.85. The smallest absolute Gasteiger partial charge is 0.186 e. The van der Waals surface area contributed by atoms with Crippen LogP contribution in [0.1, 0.15) is 0 Å². The Hall–Kier alpha value is 0.550. The van der Waals surface area contributed by atoms with Crippen molar-refractivity contribution in [3.05, 3.63) is 0 Å². The molecule has 0 saturated heterocycles. The molecule has 0 rings (SSSR count). The molecule has 0 unspecified atom stereocenters. The summed E-state index contributed by atoms with van der Waals surface area (Å²) in [6.45, 7) is 0. The zero-order chi connectivity index (χ0) is 5.91. The minimum absolute atomic E-state index is 0.689. The van der Waals surface area contributed by atoms with Gasteiger partial charge in [-0.25, -0.2) is 0 Å². The molecule has 0 N–H and O–H groups in total. The van der Waals surface area contributed by atoms with E-state index in [2.05, 4.69) is 14.3 Å². The number of hydrogen-bond acceptors (Lipinski definition) is 4. The summed E-state index contributed by atoms with van der Waals surface area (Å²) in [4.78, 5) is 0. The van der Waals surface area contributed by atoms with Gasteiger partial charge in [0.15, 0.2) is 0 Å². The highest BCUT2D eigenvalue weighted by Gasteiger charge is 2.00. The van der Waals surface area contributed by atoms with Crippen LogP contribution in [0.5, 0.6) is 0 Å². The third-order valence-corrected chi connectivity index (χ3v) is 1.81. The fourth-order valence-electron chi connectivity index (χ4n) is 0.0813. The first-order valence-electron chi connectivity index (χ1n) is 1.23. The summed E-state index contributed by atoms with van der Waals surface area (Å²) in [7, 11) is 0.823. The molecule has 0 atom stereocenters. The minimum atomic E-state index is -3.74. The molecule has 0 aliphatic heterocycles. The highest BCUT2D eigenvalue weighted by Crippen LogP contribution is 2.06. The van der Waals surface area contributed by atoms with Crippen LogP contribution in [0.3, 0.4) is 0 Å². The molecule has 0 spiro atoms. The Morgan fingerprint density at radius 3 is 2.14 bits per heavy atom. The van der Waals surface area contributed by atoms with E-state index >= 15 is 0 Å². The molecule has 0 aromatic heterocycles. The van der Waals surface area contributed by atoms with Crippen molar-refractivity contribution in [2.75, 3.05) is 6.26 Å². The molecule has 6 heteroatoms. The minimum Gasteiger partial charge on any atom is -0.186 e. The van der Waals surface area contributed by atoms with Gasteiger partial charge in [0.2, 0.25) is 0 Å². The molecule has 0 saturated carbocycles. The van der Waals surface area contributed by atoms with E-state index in [1.165, 1.54) is 6.26 Å². The Morgan fingerprint density at radius 2 is 2.14 bits per heavy atom. The van der Waals surface area contributed by atoms with Gasteiger partial charge < -0.3 is 0 Å². The monoisotopic (exact) mass is 162 g/mol. The molecule has 0 bridgehead atoms. The van der Waals surface area contributed by atoms with E-state index in [0.717, 1.165) is 0 Å². The molecular weight excluding hydrogens is 160 g/mol. The number of halogens is 1. The average Bonchev–Trinajstić information content (AvgIpc) is 1.30. The van der Waals surface area contributed by atoms with Gasteiger partial charge in [-0.2, -0.15) is 12.0 Å². The Bertz CT molecular complexity index is 126. The van der Waals surface area contributed by atoms with Crippen LogP contribution in [0.25, 0.3) is 0 Å². The summed E-state index contributed by atoms with van der Waals surface area (Å²) in [5.41, 5.74) is 0. The molecule has 0 aromatic carbocycles. The van der Waals surface area contributed by atoms with Crippen molar-refractivity contribution in [2.24, 2.45) is 0 Å². The lowest BCUT2D eigenvalue weighted by atomic mass is 12.0. The summed E-state index contributed by atoms with van der Waals surface area (Å²) in [6.07, 6.45) is 1.46. The van der Waals surface area contributed by atoms with Gasteiger partial charge in [0.1, 0.15) is 0 Å². The Morgan fingerprint density at radius 1 is 1.71 bits per heavy atom. The molecule has 0 aliphatic carbocycles. The molecule has 0 radical (unpaired) electrons. The lowest BCUT2D eigenvalue weighted by molar-refractivity contribution is 0.537. The van der Waals surface area contributed by atoms with Gasteiger partial charge in [-0.1, -0.05) is 0 Å². The third kappa shape index (κ3) is 6.55. The van der Waals surface area contributed by atoms with Crippen LogP contribution in [0.2, 0.25) is 0 Å². The van der Waals surface area contributed by atoms with Crippen LogP contribution in [0.4, 0.5) is 0 Å². The van der Waals surface area contributed by atoms with E-state index in [9.17, 15) is 8.42 Å². The first-order chi connectivity index (χ1) is 3.06. The van der Waals surface area contributed by atoms with Gasteiger partial charge in [0, 0.05) is 18.3 Å². The zero-order valence-electron chi connectivity index (χ0n) is 3.42. The van der Waals surface area contributed by atoms with Crippen LogP contribution < -0.4 is 0 Å². The molecule has 0 amide bonds. The van der Waals surface area contributed by atoms with Gasteiger partial charge in [-0.05, 0) is 0 Å². The largest absolute Gasteiger partial charge is 0.366 e. The molecule has 0 aromatic rings. The van der Waals surface area contributed by atoms with E-state index in [0.29, 0.717) is 12.0 Å². The predicted molar refractivity (Wildman–Crippen MR) is 29.4 cm³/mol. The first kappa shape index (κ1) is 7.55. The molecule has 0 aliphatic rings. The molecule has 0 fully saturated rings. The van der Waals surface area contributed by atoms with Crippen LogP contribution in [0.15, 0.2) is 0 Å². The maximum atomic E-state index is 9.75. The van der Waals surface area contributed by atoms with Crippen LogP contribution in [-0.4, -0.2) is 14.7 Å². The Balaban J connectivity index is 3.60. The van der Waals surface area contributed by atoms with E-state index in [1.807, 2.05) is 0 Å². The van der Waals surface area contributed by atoms with E-state index < -0.39 is 9.33 Å². The van der Waals surface area contributed by atoms with Crippen LogP contribution in [-0.2, 0) is 13.0 Å². The molecular formula is CH3ClO3S2. The third-order valence-electron chi connectivity index (χ3n) is 0.149. The number of hydrogen-bond donors (Lipinski definition) is 0. The summed E-state index contributed by atoms with van der Waals surface area (Å²) in [5.74, 6) is 0. The van der Waals surface area contributed by atoms with Crippen molar-refractivity contribution in [3.8, 4) is 0 Å². The summed E-state index contributed by atoms with van der Waals surface area (Å²) >= 11 is 0.689. The van der Waals surface area contributed by atoms with Crippen molar-refractivity contribution in [1.29, 1.82) is 0 Å². The normalized spacial score (nSPS) is 11.7. The number of rotatable bonds is 2. The van der Waals surface area contributed by atoms with Crippen LogP contribution in [0, 0.1) is 0 Å². The lowest BCUT2D eigenvalue weighted by Gasteiger charge is -1.85. The van der Waals surface area contributed by atoms with Gasteiger partial charge >= 0.3 is 9.33 Å². The van der Waals surface area contributed by atoms with E-state index in [-0.39, 0.29) is 0 Å². The molecule has 44 valence electrons. The van der Waals surface area contributed by atoms with Gasteiger partial charge in [0.05, 0.1) is 10.7 Å². The second-order valence-corrected chi connectivity index (χ2v) is 3.43. The summed E-state index contributed by atoms with van der Waals surface area (Å²) in [5, 5.41) is 0. The first-order valence-corrected chi connectivity index (χ1v) is 4.61. The summed E-state index contributed by atoms with van der Waals surface area (Å²) in [6, 6.07) is 0. The Labute approximate surface area is 50.8 Å². The van der Waals surface area contributed by atoms with Gasteiger partial charge in [0.25, 0.3) is 0 Å². The van der Waals surface area contributed by atoms with E-state index in [1.54, 1.807) is 0 Å². The predicted octanol–water partition coefficient (Wildman–Crippen LogP) is 0.765. The maximum absolute atomic E-state index is 9.75. The highest BCUT2D eigenvalue weighted by atomic mass is 35.7. The van der Waals surface area contributed by atoms with Crippen molar-refractivity contribution < 1.29 is 12.0 Å². The fourth-order valence-corrected chi connectivity index (χ4v) is 1.19. The fraction of sp³-hybridized carbons (Fsp3) is 1.00. The van der Waals surface area contributed by atoms with Gasteiger partial charge in [-0.15, -0.1) is 0 Å². The second kappa shape index (κ2) is 2.76. The van der Waals surface area contributed by atoms with Crippen molar-refractivity contribution in [2.45, 2.75) is 0 Å². The Kier molecular flexibility index (Phi) is 2.98. The van der Waals surface area contributed by atoms with Crippen molar-refractivity contribution in [3.63, 3.8) is 0 Å². The SMILES string of the molecule is CSOS(=O)(=O)Cl. The van der Waals surface area contributed by atoms with Crippen molar-refractivity contribution >= 4 is 32.1 Å².